The van der Waals surface area contributed by atoms with E-state index < -0.39 is 0 Å². The largest absolute Gasteiger partial charge is 0.335 e. The van der Waals surface area contributed by atoms with Gasteiger partial charge in [0.1, 0.15) is 4.88 Å². The Labute approximate surface area is 137 Å². The molecule has 0 unspecified atom stereocenters. The van der Waals surface area contributed by atoms with Crippen molar-refractivity contribution in [3.8, 4) is 0 Å². The second-order valence-corrected chi connectivity index (χ2v) is 7.79. The lowest BCUT2D eigenvalue weighted by atomic mass is 10.0. The Kier molecular flexibility index (Phi) is 3.91. The highest BCUT2D eigenvalue weighted by molar-refractivity contribution is 7.21. The molecular weight excluding hydrogens is 327 g/mol. The van der Waals surface area contributed by atoms with Crippen LogP contribution in [0.15, 0.2) is 18.2 Å². The zero-order valence-corrected chi connectivity index (χ0v) is 14.2. The molecule has 0 atom stereocenters. The SMILES string of the molecule is CC1(C)CN(C(=O)c2sc3cc(Cl)ccc3c2Cl)CCN1. The van der Waals surface area contributed by atoms with Gasteiger partial charge in [0.05, 0.1) is 5.02 Å². The van der Waals surface area contributed by atoms with Crippen LogP contribution in [0.25, 0.3) is 10.1 Å². The fourth-order valence-corrected chi connectivity index (χ4v) is 4.39. The highest BCUT2D eigenvalue weighted by Gasteiger charge is 2.31. The minimum Gasteiger partial charge on any atom is -0.335 e. The molecule has 1 N–H and O–H groups in total. The van der Waals surface area contributed by atoms with E-state index in [9.17, 15) is 4.79 Å². The van der Waals surface area contributed by atoms with E-state index in [1.54, 1.807) is 6.07 Å². The molecule has 112 valence electrons. The monoisotopic (exact) mass is 342 g/mol. The number of rotatable bonds is 1. The highest BCUT2D eigenvalue weighted by atomic mass is 35.5. The van der Waals surface area contributed by atoms with Gasteiger partial charge in [-0.3, -0.25) is 4.79 Å². The van der Waals surface area contributed by atoms with Gasteiger partial charge in [0.25, 0.3) is 5.91 Å². The van der Waals surface area contributed by atoms with Gasteiger partial charge in [-0.15, -0.1) is 11.3 Å². The molecule has 1 amide bonds. The quantitative estimate of drug-likeness (QED) is 0.848. The van der Waals surface area contributed by atoms with Crippen LogP contribution in [0.4, 0.5) is 0 Å². The van der Waals surface area contributed by atoms with Gasteiger partial charge in [0.2, 0.25) is 0 Å². The molecule has 0 spiro atoms. The van der Waals surface area contributed by atoms with Crippen molar-refractivity contribution in [1.29, 1.82) is 0 Å². The van der Waals surface area contributed by atoms with Crippen molar-refractivity contribution in [2.24, 2.45) is 0 Å². The summed E-state index contributed by atoms with van der Waals surface area (Å²) in [7, 11) is 0. The third-order valence-corrected chi connectivity index (χ3v) is 5.52. The average Bonchev–Trinajstić information content (AvgIpc) is 2.73. The van der Waals surface area contributed by atoms with E-state index in [1.165, 1.54) is 11.3 Å². The van der Waals surface area contributed by atoms with Crippen LogP contribution >= 0.6 is 34.5 Å². The Morgan fingerprint density at radius 3 is 2.86 bits per heavy atom. The molecule has 1 fully saturated rings. The zero-order valence-electron chi connectivity index (χ0n) is 11.9. The molecule has 3 rings (SSSR count). The van der Waals surface area contributed by atoms with Gasteiger partial charge in [-0.1, -0.05) is 29.3 Å². The Balaban J connectivity index is 1.96. The standard InChI is InChI=1S/C15H16Cl2N2OS/c1-15(2)8-19(6-5-18-15)14(20)13-12(17)10-4-3-9(16)7-11(10)21-13/h3-4,7,18H,5-6,8H2,1-2H3. The molecule has 21 heavy (non-hydrogen) atoms. The molecule has 1 aromatic carbocycles. The van der Waals surface area contributed by atoms with Crippen LogP contribution in [0, 0.1) is 0 Å². The van der Waals surface area contributed by atoms with Crippen LogP contribution in [0.2, 0.25) is 10.0 Å². The number of fused-ring (bicyclic) bond motifs is 1. The topological polar surface area (TPSA) is 32.3 Å². The first-order valence-corrected chi connectivity index (χ1v) is 8.36. The van der Waals surface area contributed by atoms with E-state index in [2.05, 4.69) is 19.2 Å². The summed E-state index contributed by atoms with van der Waals surface area (Å²) in [6.07, 6.45) is 0. The molecular formula is C15H16Cl2N2OS. The summed E-state index contributed by atoms with van der Waals surface area (Å²) >= 11 is 13.8. The van der Waals surface area contributed by atoms with Crippen LogP contribution in [-0.2, 0) is 0 Å². The van der Waals surface area contributed by atoms with E-state index >= 15 is 0 Å². The molecule has 0 aliphatic carbocycles. The first-order chi connectivity index (χ1) is 9.87. The second-order valence-electron chi connectivity index (χ2n) is 5.92. The number of thiophene rings is 1. The summed E-state index contributed by atoms with van der Waals surface area (Å²) in [5.41, 5.74) is -0.0691. The van der Waals surface area contributed by atoms with E-state index in [1.807, 2.05) is 17.0 Å². The van der Waals surface area contributed by atoms with Gasteiger partial charge in [-0.05, 0) is 26.0 Å². The van der Waals surface area contributed by atoms with Crippen molar-refractivity contribution in [3.05, 3.63) is 33.1 Å². The summed E-state index contributed by atoms with van der Waals surface area (Å²) in [6, 6.07) is 5.52. The molecule has 6 heteroatoms. The van der Waals surface area contributed by atoms with Crippen molar-refractivity contribution >= 4 is 50.5 Å². The fourth-order valence-electron chi connectivity index (χ4n) is 2.63. The Hall–Kier alpha value is -0.810. The van der Waals surface area contributed by atoms with Crippen molar-refractivity contribution in [2.45, 2.75) is 19.4 Å². The van der Waals surface area contributed by atoms with E-state index in [-0.39, 0.29) is 11.4 Å². The normalized spacial score (nSPS) is 18.2. The molecule has 1 saturated heterocycles. The fraction of sp³-hybridized carbons (Fsp3) is 0.400. The maximum Gasteiger partial charge on any atom is 0.265 e. The number of benzene rings is 1. The van der Waals surface area contributed by atoms with Gasteiger partial charge >= 0.3 is 0 Å². The van der Waals surface area contributed by atoms with Gasteiger partial charge in [-0.25, -0.2) is 0 Å². The van der Waals surface area contributed by atoms with Gasteiger partial charge in [0.15, 0.2) is 0 Å². The average molecular weight is 343 g/mol. The number of hydrogen-bond donors (Lipinski definition) is 1. The lowest BCUT2D eigenvalue weighted by molar-refractivity contribution is 0.0657. The van der Waals surface area contributed by atoms with Crippen molar-refractivity contribution in [1.82, 2.24) is 10.2 Å². The maximum atomic E-state index is 12.8. The number of nitrogens with zero attached hydrogens (tertiary/aromatic N) is 1. The smallest absolute Gasteiger partial charge is 0.265 e. The van der Waals surface area contributed by atoms with E-state index in [0.29, 0.717) is 28.0 Å². The number of carbonyl (C=O) groups excluding carboxylic acids is 1. The molecule has 2 heterocycles. The molecule has 1 aromatic heterocycles. The van der Waals surface area contributed by atoms with Gasteiger partial charge in [-0.2, -0.15) is 0 Å². The van der Waals surface area contributed by atoms with Crippen LogP contribution in [0.1, 0.15) is 23.5 Å². The summed E-state index contributed by atoms with van der Waals surface area (Å²) in [5.74, 6) is 0.00639. The first kappa shape index (κ1) is 15.1. The molecule has 0 saturated carbocycles. The van der Waals surface area contributed by atoms with E-state index in [0.717, 1.165) is 16.6 Å². The third kappa shape index (κ3) is 2.90. The first-order valence-electron chi connectivity index (χ1n) is 6.79. The number of piperazine rings is 1. The minimum atomic E-state index is -0.0691. The predicted molar refractivity (Wildman–Crippen MR) is 89.8 cm³/mol. The number of amides is 1. The molecule has 0 radical (unpaired) electrons. The van der Waals surface area contributed by atoms with Crippen LogP contribution < -0.4 is 5.32 Å². The summed E-state index contributed by atoms with van der Waals surface area (Å²) in [4.78, 5) is 15.2. The lowest BCUT2D eigenvalue weighted by Gasteiger charge is -2.39. The number of carbonyl (C=O) groups is 1. The Bertz CT molecular complexity index is 711. The minimum absolute atomic E-state index is 0.00639. The molecule has 0 bridgehead atoms. The number of halogens is 2. The second kappa shape index (κ2) is 5.43. The van der Waals surface area contributed by atoms with Crippen LogP contribution in [-0.4, -0.2) is 36.0 Å². The Morgan fingerprint density at radius 2 is 2.14 bits per heavy atom. The van der Waals surface area contributed by atoms with Crippen molar-refractivity contribution in [2.75, 3.05) is 19.6 Å². The summed E-state index contributed by atoms with van der Waals surface area (Å²) in [5, 5.41) is 5.49. The highest BCUT2D eigenvalue weighted by Crippen LogP contribution is 2.37. The van der Waals surface area contributed by atoms with Gasteiger partial charge < -0.3 is 10.2 Å². The van der Waals surface area contributed by atoms with Crippen LogP contribution in [0.3, 0.4) is 0 Å². The van der Waals surface area contributed by atoms with Gasteiger partial charge in [0, 0.05) is 40.3 Å². The number of hydrogen-bond acceptors (Lipinski definition) is 3. The van der Waals surface area contributed by atoms with Crippen LogP contribution in [0.5, 0.6) is 0 Å². The summed E-state index contributed by atoms with van der Waals surface area (Å²) in [6.45, 7) is 6.37. The van der Waals surface area contributed by atoms with Crippen molar-refractivity contribution < 1.29 is 4.79 Å². The molecule has 1 aliphatic heterocycles. The third-order valence-electron chi connectivity index (χ3n) is 3.64. The zero-order chi connectivity index (χ0) is 15.2. The number of nitrogens with one attached hydrogen (secondary N) is 1. The predicted octanol–water partition coefficient (Wildman–Crippen LogP) is 4.03. The summed E-state index contributed by atoms with van der Waals surface area (Å²) < 4.78 is 0.949. The van der Waals surface area contributed by atoms with E-state index in [4.69, 9.17) is 23.2 Å². The lowest BCUT2D eigenvalue weighted by Crippen LogP contribution is -2.58. The molecule has 2 aromatic rings. The Morgan fingerprint density at radius 1 is 1.38 bits per heavy atom. The molecule has 3 nitrogen and oxygen atoms in total. The van der Waals surface area contributed by atoms with Crippen molar-refractivity contribution in [3.63, 3.8) is 0 Å². The molecule has 1 aliphatic rings. The maximum absolute atomic E-state index is 12.8.